The molecule has 0 heterocycles. The second kappa shape index (κ2) is 6.38. The summed E-state index contributed by atoms with van der Waals surface area (Å²) in [4.78, 5) is 11.9. The number of carbonyl (C=O) groups excluding carboxylic acids is 1. The van der Waals surface area contributed by atoms with Crippen LogP contribution in [0.1, 0.15) is 12.5 Å². The van der Waals surface area contributed by atoms with Gasteiger partial charge in [0.25, 0.3) is 0 Å². The molecule has 0 unspecified atom stereocenters. The van der Waals surface area contributed by atoms with Crippen molar-refractivity contribution < 1.29 is 4.79 Å². The monoisotopic (exact) mass is 318 g/mol. The van der Waals surface area contributed by atoms with E-state index in [0.717, 1.165) is 27.8 Å². The smallest absolute Gasteiger partial charge is 0.308 e. The third-order valence-corrected chi connectivity index (χ3v) is 3.28. The summed E-state index contributed by atoms with van der Waals surface area (Å²) in [6, 6.07) is 15.0. The number of para-hydroxylation sites is 1. The van der Waals surface area contributed by atoms with Gasteiger partial charge in [-0.2, -0.15) is 0 Å². The number of anilines is 2. The Balaban J connectivity index is 2.03. The normalized spacial score (nSPS) is 10.0. The van der Waals surface area contributed by atoms with E-state index in [-0.39, 0.29) is 6.03 Å². The Kier molecular flexibility index (Phi) is 4.58. The fourth-order valence-electron chi connectivity index (χ4n) is 1.77. The first-order chi connectivity index (χ1) is 9.19. The number of benzene rings is 2. The third kappa shape index (κ3) is 3.83. The molecule has 2 aromatic carbocycles. The molecule has 0 aliphatic rings. The van der Waals surface area contributed by atoms with Gasteiger partial charge in [0, 0.05) is 15.8 Å². The van der Waals surface area contributed by atoms with Crippen LogP contribution >= 0.6 is 15.9 Å². The van der Waals surface area contributed by atoms with Crippen LogP contribution in [0.4, 0.5) is 16.2 Å². The van der Waals surface area contributed by atoms with Crippen molar-refractivity contribution in [1.82, 2.24) is 0 Å². The molecule has 2 N–H and O–H groups in total. The van der Waals surface area contributed by atoms with E-state index < -0.39 is 0 Å². The number of hydrogen-bond acceptors (Lipinski definition) is 1. The summed E-state index contributed by atoms with van der Waals surface area (Å²) >= 11 is 3.36. The number of hydrogen-bond donors (Lipinski definition) is 2. The van der Waals surface area contributed by atoms with Gasteiger partial charge < -0.3 is 10.6 Å². The predicted molar refractivity (Wildman–Crippen MR) is 82.6 cm³/mol. The maximum Gasteiger partial charge on any atom is 0.323 e. The molecule has 2 rings (SSSR count). The number of halogens is 1. The number of nitrogens with one attached hydrogen (secondary N) is 2. The molecule has 19 heavy (non-hydrogen) atoms. The van der Waals surface area contributed by atoms with Crippen molar-refractivity contribution in [2.24, 2.45) is 0 Å². The zero-order valence-corrected chi connectivity index (χ0v) is 12.2. The molecular weight excluding hydrogens is 304 g/mol. The molecule has 0 radical (unpaired) electrons. The Hall–Kier alpha value is -1.81. The van der Waals surface area contributed by atoms with Crippen LogP contribution in [0.2, 0.25) is 0 Å². The van der Waals surface area contributed by atoms with Crippen molar-refractivity contribution >= 4 is 33.3 Å². The molecule has 2 amide bonds. The van der Waals surface area contributed by atoms with Crippen LogP contribution in [0.25, 0.3) is 0 Å². The molecule has 2 aromatic rings. The van der Waals surface area contributed by atoms with Crippen LogP contribution in [0, 0.1) is 0 Å². The molecule has 0 fully saturated rings. The van der Waals surface area contributed by atoms with Gasteiger partial charge in [0.1, 0.15) is 0 Å². The van der Waals surface area contributed by atoms with Gasteiger partial charge in [-0.3, -0.25) is 0 Å². The minimum Gasteiger partial charge on any atom is -0.308 e. The Bertz CT molecular complexity index is 567. The fraction of sp³-hybridized carbons (Fsp3) is 0.133. The summed E-state index contributed by atoms with van der Waals surface area (Å²) < 4.78 is 0.981. The van der Waals surface area contributed by atoms with Crippen molar-refractivity contribution in [2.45, 2.75) is 13.3 Å². The van der Waals surface area contributed by atoms with Crippen LogP contribution in [0.15, 0.2) is 53.0 Å². The highest BCUT2D eigenvalue weighted by molar-refractivity contribution is 9.10. The molecule has 3 nitrogen and oxygen atoms in total. The summed E-state index contributed by atoms with van der Waals surface area (Å²) in [7, 11) is 0. The van der Waals surface area contributed by atoms with Crippen LogP contribution < -0.4 is 10.6 Å². The van der Waals surface area contributed by atoms with E-state index in [0.29, 0.717) is 0 Å². The van der Waals surface area contributed by atoms with Gasteiger partial charge in [-0.15, -0.1) is 0 Å². The molecule has 0 aliphatic carbocycles. The fourth-order valence-corrected chi connectivity index (χ4v) is 2.03. The predicted octanol–water partition coefficient (Wildman–Crippen LogP) is 4.66. The average Bonchev–Trinajstić information content (AvgIpc) is 2.42. The highest BCUT2D eigenvalue weighted by atomic mass is 79.9. The number of urea groups is 1. The van der Waals surface area contributed by atoms with Gasteiger partial charge in [0.05, 0.1) is 0 Å². The Morgan fingerprint density at radius 3 is 2.42 bits per heavy atom. The Morgan fingerprint density at radius 2 is 1.74 bits per heavy atom. The number of rotatable bonds is 3. The maximum atomic E-state index is 11.9. The standard InChI is InChI=1S/C15H15BrN2O/c1-2-11-5-3-4-6-14(11)18-15(19)17-13-9-7-12(16)8-10-13/h3-10H,2H2,1H3,(H2,17,18,19). The molecule has 0 spiro atoms. The molecular formula is C15H15BrN2O. The molecule has 0 aliphatic heterocycles. The lowest BCUT2D eigenvalue weighted by atomic mass is 10.1. The molecule has 0 saturated carbocycles. The van der Waals surface area contributed by atoms with Gasteiger partial charge in [-0.05, 0) is 42.3 Å². The zero-order valence-electron chi connectivity index (χ0n) is 10.6. The number of amides is 2. The quantitative estimate of drug-likeness (QED) is 0.849. The molecule has 0 aromatic heterocycles. The van der Waals surface area contributed by atoms with Crippen molar-refractivity contribution in [3.8, 4) is 0 Å². The minimum absolute atomic E-state index is 0.233. The largest absolute Gasteiger partial charge is 0.323 e. The van der Waals surface area contributed by atoms with Crippen molar-refractivity contribution in [1.29, 1.82) is 0 Å². The van der Waals surface area contributed by atoms with Crippen molar-refractivity contribution in [2.75, 3.05) is 10.6 Å². The number of carbonyl (C=O) groups is 1. The first-order valence-corrected chi connectivity index (χ1v) is 6.90. The van der Waals surface area contributed by atoms with E-state index in [4.69, 9.17) is 0 Å². The van der Waals surface area contributed by atoms with Gasteiger partial charge in [0.15, 0.2) is 0 Å². The van der Waals surface area contributed by atoms with Crippen LogP contribution in [0.5, 0.6) is 0 Å². The maximum absolute atomic E-state index is 11.9. The van der Waals surface area contributed by atoms with Crippen LogP contribution in [0.3, 0.4) is 0 Å². The first-order valence-electron chi connectivity index (χ1n) is 6.10. The van der Waals surface area contributed by atoms with Crippen LogP contribution in [-0.4, -0.2) is 6.03 Å². The van der Waals surface area contributed by atoms with Gasteiger partial charge in [-0.25, -0.2) is 4.79 Å². The molecule has 98 valence electrons. The lowest BCUT2D eigenvalue weighted by Crippen LogP contribution is -2.20. The zero-order chi connectivity index (χ0) is 13.7. The second-order valence-corrected chi connectivity index (χ2v) is 5.01. The summed E-state index contributed by atoms with van der Waals surface area (Å²) in [5.41, 5.74) is 2.72. The molecule has 0 saturated heterocycles. The first kappa shape index (κ1) is 13.6. The van der Waals surface area contributed by atoms with Gasteiger partial charge >= 0.3 is 6.03 Å². The summed E-state index contributed by atoms with van der Waals surface area (Å²) in [6.07, 6.45) is 0.884. The van der Waals surface area contributed by atoms with Gasteiger partial charge in [-0.1, -0.05) is 41.1 Å². The summed E-state index contributed by atoms with van der Waals surface area (Å²) in [5, 5.41) is 5.66. The topological polar surface area (TPSA) is 41.1 Å². The lowest BCUT2D eigenvalue weighted by Gasteiger charge is -2.10. The Labute approximate surface area is 121 Å². The SMILES string of the molecule is CCc1ccccc1NC(=O)Nc1ccc(Br)cc1. The molecule has 0 atom stereocenters. The third-order valence-electron chi connectivity index (χ3n) is 2.75. The second-order valence-electron chi connectivity index (χ2n) is 4.10. The highest BCUT2D eigenvalue weighted by Gasteiger charge is 2.05. The van der Waals surface area contributed by atoms with Crippen molar-refractivity contribution in [3.05, 3.63) is 58.6 Å². The summed E-state index contributed by atoms with van der Waals surface area (Å²) in [5.74, 6) is 0. The molecule has 0 bridgehead atoms. The number of aryl methyl sites for hydroxylation is 1. The van der Waals surface area contributed by atoms with E-state index in [1.54, 1.807) is 0 Å². The van der Waals surface area contributed by atoms with E-state index in [9.17, 15) is 4.79 Å². The Morgan fingerprint density at radius 1 is 1.05 bits per heavy atom. The van der Waals surface area contributed by atoms with E-state index in [1.165, 1.54) is 0 Å². The van der Waals surface area contributed by atoms with Gasteiger partial charge in [0.2, 0.25) is 0 Å². The highest BCUT2D eigenvalue weighted by Crippen LogP contribution is 2.17. The lowest BCUT2D eigenvalue weighted by molar-refractivity contribution is 0.262. The van der Waals surface area contributed by atoms with E-state index in [1.807, 2.05) is 48.5 Å². The average molecular weight is 319 g/mol. The minimum atomic E-state index is -0.233. The molecule has 4 heteroatoms. The van der Waals surface area contributed by atoms with E-state index >= 15 is 0 Å². The van der Waals surface area contributed by atoms with E-state index in [2.05, 4.69) is 33.5 Å². The van der Waals surface area contributed by atoms with Crippen LogP contribution in [-0.2, 0) is 6.42 Å². The summed E-state index contributed by atoms with van der Waals surface area (Å²) in [6.45, 7) is 2.06. The van der Waals surface area contributed by atoms with Crippen molar-refractivity contribution in [3.63, 3.8) is 0 Å².